The van der Waals surface area contributed by atoms with Crippen LogP contribution < -0.4 is 32.8 Å². The molecule has 2 fully saturated rings. The van der Waals surface area contributed by atoms with Crippen molar-refractivity contribution in [2.75, 3.05) is 56.7 Å². The van der Waals surface area contributed by atoms with E-state index in [1.54, 1.807) is 23.0 Å². The van der Waals surface area contributed by atoms with Gasteiger partial charge in [0, 0.05) is 37.5 Å². The highest BCUT2D eigenvalue weighted by Gasteiger charge is 2.32. The van der Waals surface area contributed by atoms with Crippen LogP contribution in [-0.4, -0.2) is 100 Å². The van der Waals surface area contributed by atoms with Gasteiger partial charge in [-0.1, -0.05) is 6.07 Å². The summed E-state index contributed by atoms with van der Waals surface area (Å²) in [7, 11) is 0. The van der Waals surface area contributed by atoms with Gasteiger partial charge >= 0.3 is 11.9 Å². The Morgan fingerprint density at radius 3 is 2.56 bits per heavy atom. The number of primary amides is 1. The van der Waals surface area contributed by atoms with Crippen molar-refractivity contribution < 1.29 is 50.7 Å². The molecule has 1 aromatic carbocycles. The Kier molecular flexibility index (Phi) is 14.3. The van der Waals surface area contributed by atoms with Gasteiger partial charge in [-0.05, 0) is 87.2 Å². The van der Waals surface area contributed by atoms with Gasteiger partial charge in [0.25, 0.3) is 11.8 Å². The maximum absolute atomic E-state index is 13.1. The summed E-state index contributed by atoms with van der Waals surface area (Å²) < 4.78 is 63.1. The van der Waals surface area contributed by atoms with Gasteiger partial charge in [0.2, 0.25) is 17.7 Å². The highest BCUT2D eigenvalue weighted by molar-refractivity contribution is 6.07. The number of hydrogen-bond acceptors (Lipinski definition) is 14. The number of nitrogens with zero attached hydrogens (tertiary/aromatic N) is 5. The Balaban J connectivity index is 0.762. The minimum Gasteiger partial charge on any atom is -0.444 e. The van der Waals surface area contributed by atoms with Crippen molar-refractivity contribution in [3.05, 3.63) is 76.5 Å². The van der Waals surface area contributed by atoms with Crippen LogP contribution in [0.4, 0.5) is 24.7 Å². The number of carbonyl (C=O) groups is 4. The predicted molar refractivity (Wildman–Crippen MR) is 219 cm³/mol. The molecule has 1 atom stereocenters. The number of imide groups is 1. The number of pyridine rings is 1. The molecule has 7 rings (SSSR count). The molecule has 5 heterocycles. The van der Waals surface area contributed by atoms with Gasteiger partial charge in [-0.15, -0.1) is 0 Å². The summed E-state index contributed by atoms with van der Waals surface area (Å²) in [5.41, 5.74) is 7.63. The number of benzene rings is 1. The molecule has 5 aromatic rings. The molecule has 1 aliphatic carbocycles. The molecule has 0 bridgehead atoms. The second-order valence-corrected chi connectivity index (χ2v) is 15.3. The van der Waals surface area contributed by atoms with Gasteiger partial charge in [0.15, 0.2) is 17.0 Å². The number of oxazole rings is 2. The molecule has 22 heteroatoms. The first-order chi connectivity index (χ1) is 30.3. The van der Waals surface area contributed by atoms with Crippen molar-refractivity contribution in [1.29, 1.82) is 0 Å². The zero-order chi connectivity index (χ0) is 44.5. The zero-order valence-electron chi connectivity index (χ0n) is 34.1. The number of anilines is 2. The van der Waals surface area contributed by atoms with Gasteiger partial charge in [-0.25, -0.2) is 14.8 Å². The third-order valence-electron chi connectivity index (χ3n) is 10.8. The first kappa shape index (κ1) is 44.7. The summed E-state index contributed by atoms with van der Waals surface area (Å²) >= 11 is 0. The van der Waals surface area contributed by atoms with E-state index in [2.05, 4.69) is 36.3 Å². The lowest BCUT2D eigenvalue weighted by atomic mass is 9.86. The smallest absolute Gasteiger partial charge is 0.420 e. The normalized spacial score (nSPS) is 18.1. The van der Waals surface area contributed by atoms with E-state index in [-0.39, 0.29) is 53.6 Å². The summed E-state index contributed by atoms with van der Waals surface area (Å²) in [6.07, 6.45) is 4.80. The van der Waals surface area contributed by atoms with Crippen molar-refractivity contribution in [2.45, 2.75) is 69.6 Å². The number of aromatic nitrogens is 5. The van der Waals surface area contributed by atoms with Crippen LogP contribution in [0, 0.1) is 5.92 Å². The lowest BCUT2D eigenvalue weighted by Crippen LogP contribution is -2.43. The van der Waals surface area contributed by atoms with E-state index < -0.39 is 42.2 Å². The largest absolute Gasteiger partial charge is 0.444 e. The van der Waals surface area contributed by atoms with Crippen molar-refractivity contribution in [3.63, 3.8) is 0 Å². The van der Waals surface area contributed by atoms with Crippen LogP contribution in [-0.2, 0) is 25.5 Å². The van der Waals surface area contributed by atoms with Crippen LogP contribution in [0.3, 0.4) is 0 Å². The minimum atomic E-state index is -4.44. The van der Waals surface area contributed by atoms with E-state index in [0.717, 1.165) is 50.5 Å². The standard InChI is InChI=1S/C41H47F3N10O9/c42-41(43,44)23-48-33-19-26(11-12-47-33)39-50-29(22-62-39)37(57)49-28-21-53(52-35(28)36(45)56)27-6-3-25(4-7-27)20-46-13-15-61-17-16-60-14-1-2-24-5-8-30-32(18-24)63-40(59)54(30)31-9-10-34(55)51-38(31)58/h5,8,11-12,18-19,21-22,25,27,31,46H,1-4,6-7,9-10,13-17,20,23H2,(H2,45,56)(H,47,48)(H,49,57)(H,51,55,58)/t25-,27-,31?. The van der Waals surface area contributed by atoms with Crippen molar-refractivity contribution in [1.82, 2.24) is 34.9 Å². The number of nitrogens with one attached hydrogen (secondary N) is 4. The number of rotatable bonds is 20. The lowest BCUT2D eigenvalue weighted by molar-refractivity contribution is -0.135. The topological polar surface area (TPSA) is 253 Å². The maximum Gasteiger partial charge on any atom is 0.420 e. The molecular weight excluding hydrogens is 834 g/mol. The van der Waals surface area contributed by atoms with Crippen LogP contribution in [0.25, 0.3) is 22.6 Å². The highest BCUT2D eigenvalue weighted by atomic mass is 19.4. The number of amides is 4. The lowest BCUT2D eigenvalue weighted by Gasteiger charge is -2.28. The molecule has 1 saturated heterocycles. The summed E-state index contributed by atoms with van der Waals surface area (Å²) in [6, 6.07) is 7.43. The number of nitrogens with two attached hydrogens (primary N) is 1. The summed E-state index contributed by atoms with van der Waals surface area (Å²) in [6.45, 7) is 2.20. The average Bonchev–Trinajstić information content (AvgIpc) is 4.00. The van der Waals surface area contributed by atoms with E-state index in [4.69, 9.17) is 24.0 Å². The van der Waals surface area contributed by atoms with Crippen LogP contribution in [0.2, 0.25) is 0 Å². The fourth-order valence-electron chi connectivity index (χ4n) is 7.62. The quantitative estimate of drug-likeness (QED) is 0.0545. The number of aryl methyl sites for hydroxylation is 1. The second kappa shape index (κ2) is 20.2. The number of ether oxygens (including phenoxy) is 2. The molecule has 1 aliphatic heterocycles. The van der Waals surface area contributed by atoms with Gasteiger partial charge in [0.05, 0.1) is 37.1 Å². The number of carbonyl (C=O) groups excluding carboxylic acids is 4. The monoisotopic (exact) mass is 880 g/mol. The van der Waals surface area contributed by atoms with Gasteiger partial charge in [-0.3, -0.25) is 33.7 Å². The van der Waals surface area contributed by atoms with Crippen LogP contribution >= 0.6 is 0 Å². The Bertz CT molecular complexity index is 2470. The molecule has 0 spiro atoms. The SMILES string of the molecule is NC(=O)c1nn([C@H]2CC[C@H](CNCCOCCOCCCc3ccc4c(c3)oc(=O)n4C3CCC(=O)NC3=O)CC2)cc1NC(=O)c1coc(-c2ccnc(NCC(F)(F)F)c2)n1. The molecule has 63 heavy (non-hydrogen) atoms. The van der Waals surface area contributed by atoms with Crippen LogP contribution in [0.5, 0.6) is 0 Å². The Morgan fingerprint density at radius 1 is 1.00 bits per heavy atom. The first-order valence-corrected chi connectivity index (χ1v) is 20.6. The van der Waals surface area contributed by atoms with E-state index in [1.165, 1.54) is 22.9 Å². The fraction of sp³-hybridized carbons (Fsp3) is 0.463. The number of alkyl halides is 3. The average molecular weight is 881 g/mol. The van der Waals surface area contributed by atoms with Crippen LogP contribution in [0.15, 0.2) is 62.6 Å². The molecule has 336 valence electrons. The Labute approximate surface area is 357 Å². The molecule has 2 aliphatic rings. The van der Waals surface area contributed by atoms with Crippen LogP contribution in [0.1, 0.15) is 83.6 Å². The molecule has 6 N–H and O–H groups in total. The molecule has 1 unspecified atom stereocenters. The third-order valence-corrected chi connectivity index (χ3v) is 10.8. The van der Waals surface area contributed by atoms with E-state index in [0.29, 0.717) is 62.0 Å². The minimum absolute atomic E-state index is 0.00949. The highest BCUT2D eigenvalue weighted by Crippen LogP contribution is 2.33. The molecule has 1 saturated carbocycles. The van der Waals surface area contributed by atoms with Gasteiger partial charge in [-0.2, -0.15) is 18.3 Å². The predicted octanol–water partition coefficient (Wildman–Crippen LogP) is 4.13. The van der Waals surface area contributed by atoms with E-state index in [1.807, 2.05) is 6.07 Å². The molecule has 19 nitrogen and oxygen atoms in total. The molecular formula is C41H47F3N10O9. The van der Waals surface area contributed by atoms with Gasteiger partial charge in [0.1, 0.15) is 24.7 Å². The molecule has 4 aromatic heterocycles. The number of fused-ring (bicyclic) bond motifs is 1. The zero-order valence-corrected chi connectivity index (χ0v) is 34.1. The number of halogens is 3. The Morgan fingerprint density at radius 2 is 1.79 bits per heavy atom. The fourth-order valence-corrected chi connectivity index (χ4v) is 7.62. The molecule has 4 amide bonds. The van der Waals surface area contributed by atoms with Crippen molar-refractivity contribution in [3.8, 4) is 11.5 Å². The second-order valence-electron chi connectivity index (χ2n) is 15.3. The van der Waals surface area contributed by atoms with E-state index >= 15 is 0 Å². The van der Waals surface area contributed by atoms with Crippen molar-refractivity contribution >= 4 is 46.2 Å². The number of hydrogen-bond donors (Lipinski definition) is 5. The Hall–Kier alpha value is -6.39. The van der Waals surface area contributed by atoms with Crippen molar-refractivity contribution in [2.24, 2.45) is 11.7 Å². The molecule has 0 radical (unpaired) electrons. The first-order valence-electron chi connectivity index (χ1n) is 20.6. The summed E-state index contributed by atoms with van der Waals surface area (Å²) in [5.74, 6) is -2.65. The summed E-state index contributed by atoms with van der Waals surface area (Å²) in [5, 5.41) is 14.9. The summed E-state index contributed by atoms with van der Waals surface area (Å²) in [4.78, 5) is 69.7. The number of piperidine rings is 1. The maximum atomic E-state index is 13.1. The van der Waals surface area contributed by atoms with Gasteiger partial charge < -0.3 is 40.0 Å². The van der Waals surface area contributed by atoms with E-state index in [9.17, 15) is 37.1 Å². The third kappa shape index (κ3) is 11.8.